The van der Waals surface area contributed by atoms with E-state index >= 15 is 0 Å². The molecule has 194 valence electrons. The fraction of sp³-hybridized carbons (Fsp3) is 0.231. The third kappa shape index (κ3) is 4.79. The molecule has 6 nitrogen and oxygen atoms in total. The Morgan fingerprint density at radius 3 is 2.49 bits per heavy atom. The fourth-order valence-corrected chi connectivity index (χ4v) is 4.37. The molecule has 0 fully saturated rings. The van der Waals surface area contributed by atoms with E-state index in [0.717, 1.165) is 29.2 Å². The van der Waals surface area contributed by atoms with Gasteiger partial charge >= 0.3 is 0 Å². The van der Waals surface area contributed by atoms with Gasteiger partial charge in [0, 0.05) is 34.7 Å². The lowest BCUT2D eigenvalue weighted by molar-refractivity contribution is -0.205. The molecule has 1 aliphatic rings. The number of rotatable bonds is 4. The van der Waals surface area contributed by atoms with E-state index in [2.05, 4.69) is 5.32 Å². The van der Waals surface area contributed by atoms with Crippen molar-refractivity contribution in [2.45, 2.75) is 24.9 Å². The minimum atomic E-state index is -3.81. The summed E-state index contributed by atoms with van der Waals surface area (Å²) in [6.07, 6.45) is -0.994. The SMILES string of the molecule is Cc1ccc(F)cc1C(=O)Nc1ccc(C(=O)N2CCC(F)(F)[C@](O)(CO)c3cc(Cl)ccc32)cc1F. The van der Waals surface area contributed by atoms with Gasteiger partial charge in [-0.3, -0.25) is 9.59 Å². The summed E-state index contributed by atoms with van der Waals surface area (Å²) in [6, 6.07) is 10.3. The minimum Gasteiger partial charge on any atom is -0.393 e. The highest BCUT2D eigenvalue weighted by Crippen LogP contribution is 2.47. The Hall–Kier alpha value is -3.47. The average molecular weight is 537 g/mol. The first-order chi connectivity index (χ1) is 17.4. The molecule has 0 radical (unpaired) electrons. The van der Waals surface area contributed by atoms with Crippen molar-refractivity contribution in [2.24, 2.45) is 0 Å². The molecule has 0 aromatic heterocycles. The third-order valence-electron chi connectivity index (χ3n) is 6.33. The lowest BCUT2D eigenvalue weighted by atomic mass is 9.86. The lowest BCUT2D eigenvalue weighted by Crippen LogP contribution is -2.48. The molecule has 3 aromatic carbocycles. The molecular weight excluding hydrogens is 516 g/mol. The predicted molar refractivity (Wildman–Crippen MR) is 129 cm³/mol. The fourth-order valence-electron chi connectivity index (χ4n) is 4.20. The predicted octanol–water partition coefficient (Wildman–Crippen LogP) is 5.04. The molecule has 4 rings (SSSR count). The number of aliphatic hydroxyl groups is 2. The maximum atomic E-state index is 14.9. The Kier molecular flexibility index (Phi) is 7.02. The van der Waals surface area contributed by atoms with Crippen LogP contribution in [0, 0.1) is 18.6 Å². The molecule has 37 heavy (non-hydrogen) atoms. The number of aliphatic hydroxyl groups excluding tert-OH is 1. The normalized spacial score (nSPS) is 18.6. The number of hydrogen-bond acceptors (Lipinski definition) is 4. The van der Waals surface area contributed by atoms with Crippen molar-refractivity contribution >= 4 is 34.8 Å². The number of carbonyl (C=O) groups is 2. The second kappa shape index (κ2) is 9.77. The number of fused-ring (bicyclic) bond motifs is 1. The molecule has 0 spiro atoms. The van der Waals surface area contributed by atoms with Crippen LogP contribution >= 0.6 is 11.6 Å². The minimum absolute atomic E-state index is 0.00307. The van der Waals surface area contributed by atoms with E-state index in [9.17, 15) is 37.4 Å². The van der Waals surface area contributed by atoms with Crippen LogP contribution in [-0.2, 0) is 5.60 Å². The summed E-state index contributed by atoms with van der Waals surface area (Å²) in [5.74, 6) is -7.07. The van der Waals surface area contributed by atoms with Crippen molar-refractivity contribution in [2.75, 3.05) is 23.4 Å². The van der Waals surface area contributed by atoms with Crippen LogP contribution in [0.25, 0.3) is 0 Å². The van der Waals surface area contributed by atoms with Gasteiger partial charge in [-0.05, 0) is 61.0 Å². The molecule has 1 heterocycles. The van der Waals surface area contributed by atoms with Gasteiger partial charge < -0.3 is 20.4 Å². The average Bonchev–Trinajstić information content (AvgIpc) is 2.94. The van der Waals surface area contributed by atoms with Crippen molar-refractivity contribution in [1.29, 1.82) is 0 Å². The van der Waals surface area contributed by atoms with E-state index in [4.69, 9.17) is 11.6 Å². The van der Waals surface area contributed by atoms with Crippen LogP contribution in [0.15, 0.2) is 54.6 Å². The maximum Gasteiger partial charge on any atom is 0.284 e. The van der Waals surface area contributed by atoms with Crippen LogP contribution in [-0.4, -0.2) is 41.1 Å². The summed E-state index contributed by atoms with van der Waals surface area (Å²) in [7, 11) is 0. The van der Waals surface area contributed by atoms with E-state index in [0.29, 0.717) is 5.56 Å². The van der Waals surface area contributed by atoms with Crippen LogP contribution in [0.5, 0.6) is 0 Å². The monoisotopic (exact) mass is 536 g/mol. The van der Waals surface area contributed by atoms with Crippen LogP contribution in [0.4, 0.5) is 28.9 Å². The van der Waals surface area contributed by atoms with Crippen molar-refractivity contribution in [1.82, 2.24) is 0 Å². The van der Waals surface area contributed by atoms with Crippen LogP contribution in [0.1, 0.15) is 38.3 Å². The van der Waals surface area contributed by atoms with E-state index < -0.39 is 60.1 Å². The number of nitrogens with zero attached hydrogens (tertiary/aromatic N) is 1. The Morgan fingerprint density at radius 2 is 1.81 bits per heavy atom. The van der Waals surface area contributed by atoms with Gasteiger partial charge in [0.15, 0.2) is 5.60 Å². The topological polar surface area (TPSA) is 89.9 Å². The van der Waals surface area contributed by atoms with Crippen molar-refractivity contribution < 1.29 is 37.4 Å². The summed E-state index contributed by atoms with van der Waals surface area (Å²) in [4.78, 5) is 26.8. The Labute approximate surface area is 214 Å². The Balaban J connectivity index is 1.66. The van der Waals surface area contributed by atoms with Crippen LogP contribution < -0.4 is 10.2 Å². The number of halogens is 5. The number of aryl methyl sites for hydroxylation is 1. The van der Waals surface area contributed by atoms with Gasteiger partial charge in [-0.1, -0.05) is 17.7 Å². The number of carbonyl (C=O) groups excluding carboxylic acids is 2. The Bertz CT molecular complexity index is 1400. The number of hydrogen-bond donors (Lipinski definition) is 3. The van der Waals surface area contributed by atoms with Gasteiger partial charge in [-0.15, -0.1) is 0 Å². The van der Waals surface area contributed by atoms with E-state index in [1.165, 1.54) is 30.3 Å². The van der Waals surface area contributed by atoms with E-state index in [1.54, 1.807) is 6.92 Å². The number of nitrogens with one attached hydrogen (secondary N) is 1. The van der Waals surface area contributed by atoms with Crippen LogP contribution in [0.2, 0.25) is 5.02 Å². The standard InChI is InChI=1S/C26H21ClF4N2O4/c1-14-2-5-17(28)12-18(14)23(35)32-21-6-3-15(10-20(21)29)24(36)33-9-8-26(30,31)25(37,13-34)19-11-16(27)4-7-22(19)33/h2-7,10-12,34,37H,8-9,13H2,1H3,(H,32,35)/t25-/m0/s1. The molecule has 1 atom stereocenters. The van der Waals surface area contributed by atoms with Gasteiger partial charge in [0.05, 0.1) is 18.0 Å². The lowest BCUT2D eigenvalue weighted by Gasteiger charge is -2.33. The zero-order valence-electron chi connectivity index (χ0n) is 19.4. The molecule has 11 heteroatoms. The summed E-state index contributed by atoms with van der Waals surface area (Å²) in [5.41, 5.74) is -3.62. The first kappa shape index (κ1) is 26.6. The maximum absolute atomic E-state index is 14.9. The van der Waals surface area contributed by atoms with Crippen molar-refractivity contribution in [3.05, 3.63) is 93.5 Å². The summed E-state index contributed by atoms with van der Waals surface area (Å²) in [6.45, 7) is -0.301. The molecule has 0 saturated heterocycles. The van der Waals surface area contributed by atoms with Gasteiger partial charge in [0.1, 0.15) is 11.6 Å². The number of alkyl halides is 2. The second-order valence-electron chi connectivity index (χ2n) is 8.70. The number of benzene rings is 3. The molecule has 0 aliphatic carbocycles. The molecule has 1 aliphatic heterocycles. The van der Waals surface area contributed by atoms with E-state index in [-0.39, 0.29) is 27.5 Å². The van der Waals surface area contributed by atoms with Gasteiger partial charge in [0.2, 0.25) is 0 Å². The first-order valence-corrected chi connectivity index (χ1v) is 11.5. The molecule has 0 bridgehead atoms. The number of amides is 2. The summed E-state index contributed by atoms with van der Waals surface area (Å²) < 4.78 is 58.2. The summed E-state index contributed by atoms with van der Waals surface area (Å²) >= 11 is 5.95. The molecule has 0 saturated carbocycles. The largest absolute Gasteiger partial charge is 0.393 e. The van der Waals surface area contributed by atoms with Gasteiger partial charge in [-0.25, -0.2) is 17.6 Å². The highest BCUT2D eigenvalue weighted by atomic mass is 35.5. The van der Waals surface area contributed by atoms with Gasteiger partial charge in [-0.2, -0.15) is 0 Å². The highest BCUT2D eigenvalue weighted by molar-refractivity contribution is 6.30. The smallest absolute Gasteiger partial charge is 0.284 e. The van der Waals surface area contributed by atoms with Gasteiger partial charge in [0.25, 0.3) is 17.7 Å². The molecule has 2 amide bonds. The third-order valence-corrected chi connectivity index (χ3v) is 6.57. The van der Waals surface area contributed by atoms with E-state index in [1.807, 2.05) is 0 Å². The second-order valence-corrected chi connectivity index (χ2v) is 9.14. The Morgan fingerprint density at radius 1 is 1.08 bits per heavy atom. The zero-order valence-corrected chi connectivity index (χ0v) is 20.1. The quantitative estimate of drug-likeness (QED) is 0.407. The first-order valence-electron chi connectivity index (χ1n) is 11.1. The highest BCUT2D eigenvalue weighted by Gasteiger charge is 2.56. The zero-order chi connectivity index (χ0) is 27.1. The number of anilines is 2. The summed E-state index contributed by atoms with van der Waals surface area (Å²) in [5, 5.41) is 22.7. The molecule has 0 unspecified atom stereocenters. The molecule has 3 N–H and O–H groups in total. The van der Waals surface area contributed by atoms with Crippen molar-refractivity contribution in [3.8, 4) is 0 Å². The van der Waals surface area contributed by atoms with Crippen LogP contribution in [0.3, 0.4) is 0 Å². The van der Waals surface area contributed by atoms with Crippen molar-refractivity contribution in [3.63, 3.8) is 0 Å². The molecule has 3 aromatic rings. The molecular formula is C26H21ClF4N2O4.